The van der Waals surface area contributed by atoms with E-state index in [4.69, 9.17) is 10.3 Å². The summed E-state index contributed by atoms with van der Waals surface area (Å²) in [6.07, 6.45) is 3.58. The Morgan fingerprint density at radius 3 is 2.84 bits per heavy atom. The highest BCUT2D eigenvalue weighted by molar-refractivity contribution is 5.78. The molecule has 0 bridgehead atoms. The number of hydrogen-bond acceptors (Lipinski definition) is 4. The van der Waals surface area contributed by atoms with Crippen LogP contribution in [0.15, 0.2) is 53.2 Å². The molecule has 0 fully saturated rings. The van der Waals surface area contributed by atoms with E-state index in [0.29, 0.717) is 0 Å². The standard InChI is InChI=1S/C15H15N3O/c1-10-9-17-7-6-12(10)15(18-16)14-8-11-4-2-3-5-13(11)19-14/h2-9,15,18H,16H2,1H3. The van der Waals surface area contributed by atoms with Crippen molar-refractivity contribution in [1.82, 2.24) is 10.4 Å². The van der Waals surface area contributed by atoms with Crippen LogP contribution in [0.4, 0.5) is 0 Å². The third-order valence-electron chi connectivity index (χ3n) is 3.27. The fraction of sp³-hybridized carbons (Fsp3) is 0.133. The predicted octanol–water partition coefficient (Wildman–Crippen LogP) is 2.69. The lowest BCUT2D eigenvalue weighted by atomic mass is 10.0. The van der Waals surface area contributed by atoms with E-state index in [1.807, 2.05) is 49.5 Å². The molecule has 4 heteroatoms. The van der Waals surface area contributed by atoms with Crippen molar-refractivity contribution in [2.75, 3.05) is 0 Å². The predicted molar refractivity (Wildman–Crippen MR) is 74.4 cm³/mol. The average molecular weight is 253 g/mol. The number of hydrazine groups is 1. The van der Waals surface area contributed by atoms with Gasteiger partial charge in [0.25, 0.3) is 0 Å². The van der Waals surface area contributed by atoms with Crippen LogP contribution in [-0.2, 0) is 0 Å². The molecule has 1 aromatic carbocycles. The Hall–Kier alpha value is -2.17. The summed E-state index contributed by atoms with van der Waals surface area (Å²) in [5.74, 6) is 6.50. The van der Waals surface area contributed by atoms with Gasteiger partial charge in [-0.1, -0.05) is 18.2 Å². The van der Waals surface area contributed by atoms with Gasteiger partial charge in [-0.15, -0.1) is 0 Å². The number of rotatable bonds is 3. The molecule has 19 heavy (non-hydrogen) atoms. The minimum atomic E-state index is -0.171. The zero-order valence-corrected chi connectivity index (χ0v) is 10.6. The van der Waals surface area contributed by atoms with Crippen LogP contribution < -0.4 is 11.3 Å². The molecule has 0 saturated carbocycles. The van der Waals surface area contributed by atoms with Crippen molar-refractivity contribution in [3.05, 3.63) is 65.7 Å². The van der Waals surface area contributed by atoms with Crippen molar-refractivity contribution < 1.29 is 4.42 Å². The molecular formula is C15H15N3O. The van der Waals surface area contributed by atoms with Crippen LogP contribution >= 0.6 is 0 Å². The molecule has 4 nitrogen and oxygen atoms in total. The number of nitrogens with one attached hydrogen (secondary N) is 1. The van der Waals surface area contributed by atoms with Crippen molar-refractivity contribution in [2.24, 2.45) is 5.84 Å². The molecule has 0 saturated heterocycles. The van der Waals surface area contributed by atoms with E-state index in [-0.39, 0.29) is 6.04 Å². The monoisotopic (exact) mass is 253 g/mol. The number of nitrogens with zero attached hydrogens (tertiary/aromatic N) is 1. The molecule has 0 radical (unpaired) electrons. The molecule has 3 N–H and O–H groups in total. The van der Waals surface area contributed by atoms with E-state index in [1.165, 1.54) is 0 Å². The molecule has 2 heterocycles. The largest absolute Gasteiger partial charge is 0.459 e. The Labute approximate surface area is 111 Å². The third-order valence-corrected chi connectivity index (χ3v) is 3.27. The molecule has 0 aliphatic rings. The summed E-state index contributed by atoms with van der Waals surface area (Å²) >= 11 is 0. The summed E-state index contributed by atoms with van der Waals surface area (Å²) in [6.45, 7) is 2.01. The summed E-state index contributed by atoms with van der Waals surface area (Å²) in [5, 5.41) is 1.07. The Bertz CT molecular complexity index is 672. The molecule has 0 aliphatic carbocycles. The summed E-state index contributed by atoms with van der Waals surface area (Å²) in [4.78, 5) is 4.10. The van der Waals surface area contributed by atoms with E-state index >= 15 is 0 Å². The van der Waals surface area contributed by atoms with Gasteiger partial charge in [0, 0.05) is 17.8 Å². The zero-order valence-electron chi connectivity index (χ0n) is 10.6. The summed E-state index contributed by atoms with van der Waals surface area (Å²) in [7, 11) is 0. The van der Waals surface area contributed by atoms with Crippen LogP contribution in [0.5, 0.6) is 0 Å². The van der Waals surface area contributed by atoms with Crippen LogP contribution in [0.25, 0.3) is 11.0 Å². The van der Waals surface area contributed by atoms with Gasteiger partial charge in [0.05, 0.1) is 0 Å². The van der Waals surface area contributed by atoms with Crippen LogP contribution in [0.2, 0.25) is 0 Å². The lowest BCUT2D eigenvalue weighted by Crippen LogP contribution is -2.29. The second-order valence-electron chi connectivity index (χ2n) is 4.52. The highest BCUT2D eigenvalue weighted by Crippen LogP contribution is 2.28. The van der Waals surface area contributed by atoms with Crippen molar-refractivity contribution in [3.63, 3.8) is 0 Å². The van der Waals surface area contributed by atoms with Gasteiger partial charge in [-0.05, 0) is 36.2 Å². The lowest BCUT2D eigenvalue weighted by molar-refractivity contribution is 0.476. The number of nitrogens with two attached hydrogens (primary N) is 1. The van der Waals surface area contributed by atoms with E-state index in [1.54, 1.807) is 6.20 Å². The fourth-order valence-corrected chi connectivity index (χ4v) is 2.28. The average Bonchev–Trinajstić information content (AvgIpc) is 2.85. The molecule has 96 valence electrons. The number of aromatic nitrogens is 1. The lowest BCUT2D eigenvalue weighted by Gasteiger charge is -2.15. The first kappa shape index (κ1) is 11.9. The number of fused-ring (bicyclic) bond motifs is 1. The second kappa shape index (κ2) is 4.84. The summed E-state index contributed by atoms with van der Waals surface area (Å²) < 4.78 is 5.87. The van der Waals surface area contributed by atoms with E-state index < -0.39 is 0 Å². The first-order valence-electron chi connectivity index (χ1n) is 6.14. The zero-order chi connectivity index (χ0) is 13.2. The van der Waals surface area contributed by atoms with Gasteiger partial charge < -0.3 is 4.42 Å². The number of hydrogen-bond donors (Lipinski definition) is 2. The fourth-order valence-electron chi connectivity index (χ4n) is 2.28. The Kier molecular flexibility index (Phi) is 3.03. The molecule has 1 atom stereocenters. The van der Waals surface area contributed by atoms with Crippen LogP contribution in [0.3, 0.4) is 0 Å². The Balaban J connectivity index is 2.09. The van der Waals surface area contributed by atoms with Gasteiger partial charge >= 0.3 is 0 Å². The van der Waals surface area contributed by atoms with E-state index in [0.717, 1.165) is 27.9 Å². The molecule has 1 unspecified atom stereocenters. The minimum absolute atomic E-state index is 0.171. The maximum Gasteiger partial charge on any atom is 0.134 e. The summed E-state index contributed by atoms with van der Waals surface area (Å²) in [5.41, 5.74) is 5.82. The molecule has 2 aromatic heterocycles. The number of aryl methyl sites for hydroxylation is 1. The van der Waals surface area contributed by atoms with Gasteiger partial charge in [0.1, 0.15) is 17.4 Å². The van der Waals surface area contributed by atoms with Crippen LogP contribution in [0, 0.1) is 6.92 Å². The van der Waals surface area contributed by atoms with E-state index in [9.17, 15) is 0 Å². The quantitative estimate of drug-likeness (QED) is 0.556. The number of benzene rings is 1. The maximum absolute atomic E-state index is 5.87. The highest BCUT2D eigenvalue weighted by atomic mass is 16.3. The van der Waals surface area contributed by atoms with Gasteiger partial charge in [-0.2, -0.15) is 0 Å². The smallest absolute Gasteiger partial charge is 0.134 e. The molecule has 3 rings (SSSR count). The highest BCUT2D eigenvalue weighted by Gasteiger charge is 2.18. The Morgan fingerprint density at radius 1 is 1.26 bits per heavy atom. The van der Waals surface area contributed by atoms with Crippen molar-refractivity contribution >= 4 is 11.0 Å². The van der Waals surface area contributed by atoms with Gasteiger partial charge in [0.15, 0.2) is 0 Å². The normalized spacial score (nSPS) is 12.7. The van der Waals surface area contributed by atoms with Gasteiger partial charge in [-0.25, -0.2) is 5.43 Å². The maximum atomic E-state index is 5.87. The Morgan fingerprint density at radius 2 is 2.11 bits per heavy atom. The van der Waals surface area contributed by atoms with E-state index in [2.05, 4.69) is 10.4 Å². The number of furan rings is 1. The first-order chi connectivity index (χ1) is 9.29. The summed E-state index contributed by atoms with van der Waals surface area (Å²) in [6, 6.07) is 11.7. The topological polar surface area (TPSA) is 64.1 Å². The first-order valence-corrected chi connectivity index (χ1v) is 6.14. The SMILES string of the molecule is Cc1cnccc1C(NN)c1cc2ccccc2o1. The molecule has 0 amide bonds. The van der Waals surface area contributed by atoms with Crippen molar-refractivity contribution in [2.45, 2.75) is 13.0 Å². The van der Waals surface area contributed by atoms with Crippen LogP contribution in [-0.4, -0.2) is 4.98 Å². The van der Waals surface area contributed by atoms with Crippen molar-refractivity contribution in [3.8, 4) is 0 Å². The number of para-hydroxylation sites is 1. The molecule has 0 spiro atoms. The minimum Gasteiger partial charge on any atom is -0.459 e. The molecule has 3 aromatic rings. The van der Waals surface area contributed by atoms with Gasteiger partial charge in [-0.3, -0.25) is 10.8 Å². The number of pyridine rings is 1. The third kappa shape index (κ3) is 2.12. The molecular weight excluding hydrogens is 238 g/mol. The van der Waals surface area contributed by atoms with Crippen LogP contribution in [0.1, 0.15) is 22.9 Å². The van der Waals surface area contributed by atoms with Crippen molar-refractivity contribution in [1.29, 1.82) is 0 Å². The second-order valence-corrected chi connectivity index (χ2v) is 4.52. The molecule has 0 aliphatic heterocycles. The van der Waals surface area contributed by atoms with Gasteiger partial charge in [0.2, 0.25) is 0 Å².